The van der Waals surface area contributed by atoms with Crippen LogP contribution in [0.1, 0.15) is 19.8 Å². The molecule has 0 aliphatic rings. The van der Waals surface area contributed by atoms with E-state index in [9.17, 15) is 18.3 Å². The molecular formula is C13H26NO6S+. The van der Waals surface area contributed by atoms with Crippen LogP contribution in [0.15, 0.2) is 12.2 Å². The Morgan fingerprint density at radius 1 is 1.38 bits per heavy atom. The third-order valence-corrected chi connectivity index (χ3v) is 3.66. The van der Waals surface area contributed by atoms with Crippen LogP contribution in [0, 0.1) is 0 Å². The molecule has 0 heterocycles. The van der Waals surface area contributed by atoms with Crippen molar-refractivity contribution in [2.75, 3.05) is 39.5 Å². The Morgan fingerprint density at radius 2 is 1.95 bits per heavy atom. The monoisotopic (exact) mass is 324 g/mol. The van der Waals surface area contributed by atoms with Crippen LogP contribution in [-0.4, -0.2) is 74.2 Å². The molecular weight excluding hydrogens is 298 g/mol. The number of rotatable bonds is 10. The largest absolute Gasteiger partial charge is 0.462 e. The van der Waals surface area contributed by atoms with E-state index in [1.807, 2.05) is 14.1 Å². The third kappa shape index (κ3) is 11.4. The number of ether oxygens (including phenoxy) is 1. The quantitative estimate of drug-likeness (QED) is 0.196. The molecule has 0 saturated heterocycles. The second kappa shape index (κ2) is 8.47. The molecule has 21 heavy (non-hydrogen) atoms. The minimum Gasteiger partial charge on any atom is -0.462 e. The molecule has 0 fully saturated rings. The first-order valence-electron chi connectivity index (χ1n) is 6.71. The Balaban J connectivity index is 4.02. The van der Waals surface area contributed by atoms with E-state index < -0.39 is 27.9 Å². The molecule has 0 saturated carbocycles. The van der Waals surface area contributed by atoms with Crippen LogP contribution in [0.4, 0.5) is 0 Å². The first-order valence-corrected chi connectivity index (χ1v) is 8.32. The number of quaternary nitrogens is 1. The highest BCUT2D eigenvalue weighted by Gasteiger charge is 2.21. The lowest BCUT2D eigenvalue weighted by molar-refractivity contribution is -0.893. The van der Waals surface area contributed by atoms with Crippen molar-refractivity contribution in [3.8, 4) is 0 Å². The molecule has 1 atom stereocenters. The van der Waals surface area contributed by atoms with Gasteiger partial charge in [0.25, 0.3) is 10.1 Å². The van der Waals surface area contributed by atoms with Crippen molar-refractivity contribution in [1.82, 2.24) is 0 Å². The maximum atomic E-state index is 11.2. The van der Waals surface area contributed by atoms with E-state index in [2.05, 4.69) is 6.58 Å². The Bertz CT molecular complexity index is 457. The highest BCUT2D eigenvalue weighted by atomic mass is 32.2. The number of hydrogen-bond acceptors (Lipinski definition) is 5. The zero-order valence-corrected chi connectivity index (χ0v) is 13.7. The summed E-state index contributed by atoms with van der Waals surface area (Å²) in [6, 6.07) is 0. The van der Waals surface area contributed by atoms with Crippen molar-refractivity contribution in [2.24, 2.45) is 0 Å². The maximum absolute atomic E-state index is 11.2. The fourth-order valence-corrected chi connectivity index (χ4v) is 2.39. The van der Waals surface area contributed by atoms with Crippen molar-refractivity contribution in [3.05, 3.63) is 12.2 Å². The Morgan fingerprint density at radius 3 is 2.43 bits per heavy atom. The van der Waals surface area contributed by atoms with Gasteiger partial charge >= 0.3 is 5.97 Å². The van der Waals surface area contributed by atoms with Gasteiger partial charge in [-0.05, 0) is 13.3 Å². The number of aliphatic hydroxyl groups is 1. The molecule has 0 aromatic rings. The molecule has 0 aromatic heterocycles. The number of carbonyl (C=O) groups excluding carboxylic acids is 1. The van der Waals surface area contributed by atoms with E-state index in [0.717, 1.165) is 0 Å². The summed E-state index contributed by atoms with van der Waals surface area (Å²) in [5.41, 5.74) is 0.351. The van der Waals surface area contributed by atoms with E-state index in [4.69, 9.17) is 9.29 Å². The zero-order valence-electron chi connectivity index (χ0n) is 12.9. The predicted octanol–water partition coefficient (Wildman–Crippen LogP) is 0.211. The SMILES string of the molecule is C=C(C)C(=O)OCCC[N+](C)(C)CC(O)CCS(=O)(=O)O. The average Bonchev–Trinajstić information content (AvgIpc) is 2.30. The standard InChI is InChI=1S/C13H25NO6S/c1-11(2)13(16)20-8-5-7-14(3,4)10-12(15)6-9-21(17,18)19/h12,15H,1,5-10H2,2-4H3/p+1. The van der Waals surface area contributed by atoms with Gasteiger partial charge in [0.1, 0.15) is 12.6 Å². The highest BCUT2D eigenvalue weighted by molar-refractivity contribution is 7.85. The summed E-state index contributed by atoms with van der Waals surface area (Å²) in [7, 11) is -0.274. The van der Waals surface area contributed by atoms with Crippen molar-refractivity contribution in [3.63, 3.8) is 0 Å². The molecule has 0 aliphatic carbocycles. The lowest BCUT2D eigenvalue weighted by Crippen LogP contribution is -2.46. The van der Waals surface area contributed by atoms with E-state index in [0.29, 0.717) is 29.6 Å². The fourth-order valence-electron chi connectivity index (χ4n) is 1.82. The van der Waals surface area contributed by atoms with Crippen molar-refractivity contribution in [2.45, 2.75) is 25.9 Å². The van der Waals surface area contributed by atoms with Crippen LogP contribution in [-0.2, 0) is 19.6 Å². The molecule has 0 rings (SSSR count). The van der Waals surface area contributed by atoms with Gasteiger partial charge in [0.05, 0.1) is 33.0 Å². The summed E-state index contributed by atoms with van der Waals surface area (Å²) in [4.78, 5) is 11.2. The van der Waals surface area contributed by atoms with Gasteiger partial charge in [-0.25, -0.2) is 4.79 Å². The third-order valence-electron chi connectivity index (χ3n) is 2.90. The van der Waals surface area contributed by atoms with E-state index in [1.165, 1.54) is 0 Å². The van der Waals surface area contributed by atoms with Gasteiger partial charge in [-0.3, -0.25) is 4.55 Å². The van der Waals surface area contributed by atoms with Gasteiger partial charge in [0.15, 0.2) is 0 Å². The first kappa shape index (κ1) is 20.0. The molecule has 0 amide bonds. The van der Waals surface area contributed by atoms with Gasteiger partial charge in [-0.2, -0.15) is 8.42 Å². The lowest BCUT2D eigenvalue weighted by Gasteiger charge is -2.31. The van der Waals surface area contributed by atoms with Gasteiger partial charge in [-0.15, -0.1) is 0 Å². The number of nitrogens with zero attached hydrogens (tertiary/aromatic N) is 1. The van der Waals surface area contributed by atoms with Crippen LogP contribution in [0.5, 0.6) is 0 Å². The number of likely N-dealkylation sites (N-methyl/N-ethyl adjacent to an activating group) is 1. The van der Waals surface area contributed by atoms with Crippen molar-refractivity contribution in [1.29, 1.82) is 0 Å². The smallest absolute Gasteiger partial charge is 0.333 e. The van der Waals surface area contributed by atoms with E-state index in [-0.39, 0.29) is 13.0 Å². The lowest BCUT2D eigenvalue weighted by atomic mass is 10.2. The van der Waals surface area contributed by atoms with Crippen molar-refractivity contribution >= 4 is 16.1 Å². The summed E-state index contributed by atoms with van der Waals surface area (Å²) in [6.07, 6.45) is -0.206. The van der Waals surface area contributed by atoms with Crippen LogP contribution in [0.25, 0.3) is 0 Å². The number of aliphatic hydroxyl groups excluding tert-OH is 1. The number of esters is 1. The molecule has 0 bridgehead atoms. The molecule has 0 aliphatic heterocycles. The second-order valence-corrected chi connectivity index (χ2v) is 7.41. The minimum absolute atomic E-state index is 0.00877. The molecule has 1 unspecified atom stereocenters. The summed E-state index contributed by atoms with van der Waals surface area (Å²) in [6.45, 7) is 6.34. The van der Waals surface area contributed by atoms with Crippen LogP contribution in [0.3, 0.4) is 0 Å². The van der Waals surface area contributed by atoms with Gasteiger partial charge < -0.3 is 14.3 Å². The maximum Gasteiger partial charge on any atom is 0.333 e. The molecule has 124 valence electrons. The van der Waals surface area contributed by atoms with Gasteiger partial charge in [-0.1, -0.05) is 6.58 Å². The Hall–Kier alpha value is -0.960. The molecule has 7 nitrogen and oxygen atoms in total. The predicted molar refractivity (Wildman–Crippen MR) is 79.3 cm³/mol. The van der Waals surface area contributed by atoms with Crippen LogP contribution >= 0.6 is 0 Å². The minimum atomic E-state index is -4.05. The summed E-state index contributed by atoms with van der Waals surface area (Å²) in [5.74, 6) is -0.877. The second-order valence-electron chi connectivity index (χ2n) is 5.84. The topological polar surface area (TPSA) is 101 Å². The first-order chi connectivity index (χ1) is 9.43. The van der Waals surface area contributed by atoms with Crippen LogP contribution < -0.4 is 0 Å². The van der Waals surface area contributed by atoms with E-state index >= 15 is 0 Å². The normalized spacial score (nSPS) is 13.8. The number of hydrogen-bond donors (Lipinski definition) is 2. The molecule has 0 aromatic carbocycles. The van der Waals surface area contributed by atoms with E-state index in [1.54, 1.807) is 6.92 Å². The average molecular weight is 324 g/mol. The summed E-state index contributed by atoms with van der Waals surface area (Å²) < 4.78 is 35.3. The summed E-state index contributed by atoms with van der Waals surface area (Å²) in [5, 5.41) is 9.78. The molecule has 2 N–H and O–H groups in total. The number of carbonyl (C=O) groups is 1. The molecule has 8 heteroatoms. The summed E-state index contributed by atoms with van der Waals surface area (Å²) >= 11 is 0. The van der Waals surface area contributed by atoms with Crippen LogP contribution in [0.2, 0.25) is 0 Å². The highest BCUT2D eigenvalue weighted by Crippen LogP contribution is 2.06. The fraction of sp³-hybridized carbons (Fsp3) is 0.769. The van der Waals surface area contributed by atoms with Gasteiger partial charge in [0.2, 0.25) is 0 Å². The zero-order chi connectivity index (χ0) is 16.7. The Labute approximate surface area is 126 Å². The van der Waals surface area contributed by atoms with Gasteiger partial charge in [0, 0.05) is 12.0 Å². The molecule has 0 radical (unpaired) electrons. The Kier molecular flexibility index (Phi) is 8.09. The molecule has 0 spiro atoms. The van der Waals surface area contributed by atoms with Crippen molar-refractivity contribution < 1.29 is 32.1 Å².